The fourth-order valence-electron chi connectivity index (χ4n) is 6.78. The van der Waals surface area contributed by atoms with Crippen LogP contribution in [0.2, 0.25) is 0 Å². The number of rotatable bonds is 9. The second-order valence-electron chi connectivity index (χ2n) is 13.3. The number of hydrogen-bond acceptors (Lipinski definition) is 7. The van der Waals surface area contributed by atoms with Gasteiger partial charge in [-0.25, -0.2) is 18.7 Å². The molecule has 11 heteroatoms. The number of pyridine rings is 1. The van der Waals surface area contributed by atoms with Crippen molar-refractivity contribution in [2.45, 2.75) is 91.8 Å². The number of carbonyl (C=O) groups excluding carboxylic acids is 1. The van der Waals surface area contributed by atoms with Crippen molar-refractivity contribution < 1.29 is 9.18 Å². The molecule has 4 aromatic rings. The average molecular weight is 738 g/mol. The van der Waals surface area contributed by atoms with Gasteiger partial charge in [-0.1, -0.05) is 83.2 Å². The molecule has 0 spiro atoms. The molecule has 1 saturated heterocycles. The van der Waals surface area contributed by atoms with Crippen molar-refractivity contribution in [2.24, 2.45) is 4.99 Å². The maximum absolute atomic E-state index is 14.5. The zero-order valence-corrected chi connectivity index (χ0v) is 32.5. The van der Waals surface area contributed by atoms with Crippen molar-refractivity contribution in [2.75, 3.05) is 26.2 Å². The maximum Gasteiger partial charge on any atom is 0.337 e. The summed E-state index contributed by atoms with van der Waals surface area (Å²) in [7, 11) is 0. The molecular formula is C43H56FN7O3. The third kappa shape index (κ3) is 10.6. The molecule has 1 aliphatic heterocycles. The molecule has 54 heavy (non-hydrogen) atoms. The Morgan fingerprint density at radius 3 is 2.43 bits per heavy atom. The van der Waals surface area contributed by atoms with Crippen molar-refractivity contribution >= 4 is 22.7 Å². The van der Waals surface area contributed by atoms with Gasteiger partial charge < -0.3 is 10.6 Å². The Balaban J connectivity index is 0.00000124. The molecule has 1 aliphatic carbocycles. The van der Waals surface area contributed by atoms with Crippen LogP contribution in [0.3, 0.4) is 0 Å². The van der Waals surface area contributed by atoms with Gasteiger partial charge >= 0.3 is 5.69 Å². The molecule has 0 unspecified atom stereocenters. The molecule has 2 fully saturated rings. The number of nitrogens with one attached hydrogen (secondary N) is 2. The van der Waals surface area contributed by atoms with Gasteiger partial charge in [0.25, 0.3) is 11.5 Å². The van der Waals surface area contributed by atoms with Crippen LogP contribution in [0.5, 0.6) is 0 Å². The van der Waals surface area contributed by atoms with Crippen LogP contribution < -0.4 is 21.9 Å². The highest BCUT2D eigenvalue weighted by Gasteiger charge is 2.28. The van der Waals surface area contributed by atoms with Gasteiger partial charge in [-0.2, -0.15) is 0 Å². The van der Waals surface area contributed by atoms with Crippen molar-refractivity contribution in [1.29, 1.82) is 0 Å². The molecule has 1 amide bonds. The largest absolute Gasteiger partial charge is 0.348 e. The first kappa shape index (κ1) is 41.8. The lowest BCUT2D eigenvalue weighted by Gasteiger charge is -2.30. The fourth-order valence-corrected chi connectivity index (χ4v) is 6.78. The van der Waals surface area contributed by atoms with E-state index in [-0.39, 0.29) is 28.7 Å². The summed E-state index contributed by atoms with van der Waals surface area (Å²) in [6, 6.07) is 16.5. The summed E-state index contributed by atoms with van der Waals surface area (Å²) in [5, 5.41) is 6.47. The molecule has 2 aliphatic rings. The highest BCUT2D eigenvalue weighted by Crippen LogP contribution is 2.28. The van der Waals surface area contributed by atoms with E-state index < -0.39 is 23.1 Å². The summed E-state index contributed by atoms with van der Waals surface area (Å²) in [5.74, 6) is -0.983. The quantitative estimate of drug-likeness (QED) is 0.174. The fraction of sp³-hybridized carbons (Fsp3) is 0.419. The second-order valence-corrected chi connectivity index (χ2v) is 13.3. The number of nitrogens with zero attached hydrogens (tertiary/aromatic N) is 5. The Morgan fingerprint density at radius 1 is 1.02 bits per heavy atom. The van der Waals surface area contributed by atoms with E-state index in [0.29, 0.717) is 31.4 Å². The van der Waals surface area contributed by atoms with E-state index >= 15 is 0 Å². The lowest BCUT2D eigenvalue weighted by atomic mass is 9.90. The highest BCUT2D eigenvalue weighted by atomic mass is 19.1. The normalized spacial score (nSPS) is 17.9. The van der Waals surface area contributed by atoms with Crippen LogP contribution in [0.4, 0.5) is 4.39 Å². The topological polar surface area (TPSA) is 114 Å². The Bertz CT molecular complexity index is 2020. The van der Waals surface area contributed by atoms with Crippen LogP contribution in [0.25, 0.3) is 27.8 Å². The summed E-state index contributed by atoms with van der Waals surface area (Å²) in [5.41, 5.74) is 2.86. The van der Waals surface area contributed by atoms with Gasteiger partial charge in [0, 0.05) is 37.9 Å². The van der Waals surface area contributed by atoms with Gasteiger partial charge in [-0.15, -0.1) is 0 Å². The van der Waals surface area contributed by atoms with Crippen LogP contribution in [0, 0.1) is 5.82 Å². The van der Waals surface area contributed by atoms with Gasteiger partial charge in [0.2, 0.25) is 0 Å². The minimum Gasteiger partial charge on any atom is -0.348 e. The van der Waals surface area contributed by atoms with E-state index in [9.17, 15) is 18.8 Å². The van der Waals surface area contributed by atoms with E-state index in [0.717, 1.165) is 62.5 Å². The van der Waals surface area contributed by atoms with E-state index in [1.807, 2.05) is 39.0 Å². The lowest BCUT2D eigenvalue weighted by molar-refractivity contribution is -0.115. The molecule has 288 valence electrons. The molecule has 0 atom stereocenters. The molecule has 2 aromatic carbocycles. The number of hydrogen-bond donors (Lipinski definition) is 2. The Hall–Kier alpha value is -5.00. The summed E-state index contributed by atoms with van der Waals surface area (Å²) in [6.45, 7) is 18.8. The van der Waals surface area contributed by atoms with Gasteiger partial charge in [0.05, 0.1) is 17.3 Å². The van der Waals surface area contributed by atoms with E-state index in [2.05, 4.69) is 70.2 Å². The molecule has 1 saturated carbocycles. The molecule has 6 rings (SSSR count). The average Bonchev–Trinajstić information content (AvgIpc) is 3.46. The van der Waals surface area contributed by atoms with Crippen LogP contribution in [0.1, 0.15) is 84.7 Å². The summed E-state index contributed by atoms with van der Waals surface area (Å²) in [6.07, 6.45) is 10.1. The number of fused-ring (bicyclic) bond motifs is 1. The third-order valence-electron chi connectivity index (χ3n) is 9.31. The number of allylic oxidation sites excluding steroid dienone is 1. The molecule has 0 radical (unpaired) electrons. The predicted octanol–water partition coefficient (Wildman–Crippen LogP) is 7.35. The Labute approximate surface area is 318 Å². The Kier molecular flexibility index (Phi) is 16.3. The summed E-state index contributed by atoms with van der Waals surface area (Å²) >= 11 is 0. The molecule has 10 nitrogen and oxygen atoms in total. The monoisotopic (exact) mass is 737 g/mol. The molecule has 3 heterocycles. The SMILES string of the molecule is C=CC(=N/C=C/C)C(=O)NC1CCC(n2c(=O)c3cc(F)cnc3n(-c3cccc(-c4ccc(CN5CCCNCC5)cc4)c3)c2=O)CC1.CC.CCC. The van der Waals surface area contributed by atoms with Crippen molar-refractivity contribution in [1.82, 2.24) is 29.7 Å². The lowest BCUT2D eigenvalue weighted by Crippen LogP contribution is -2.46. The van der Waals surface area contributed by atoms with E-state index in [4.69, 9.17) is 0 Å². The van der Waals surface area contributed by atoms with Gasteiger partial charge in [0.15, 0.2) is 5.65 Å². The van der Waals surface area contributed by atoms with Crippen LogP contribution in [-0.4, -0.2) is 62.9 Å². The number of carbonyl (C=O) groups is 1. The molecule has 0 bridgehead atoms. The number of amides is 1. The first-order valence-electron chi connectivity index (χ1n) is 19.4. The molecular weight excluding hydrogens is 682 g/mol. The highest BCUT2D eigenvalue weighted by molar-refractivity contribution is 6.43. The van der Waals surface area contributed by atoms with E-state index in [1.165, 1.54) is 33.4 Å². The van der Waals surface area contributed by atoms with Crippen molar-refractivity contribution in [3.8, 4) is 16.8 Å². The standard InChI is InChI=1S/C38H42FN7O3.C3H8.C2H6/c1-3-17-41-34(4-2)36(47)43-30-13-15-31(16-14-30)46-37(48)33-23-29(39)24-42-35(33)45(38(46)49)32-8-5-7-28(22-32)27-11-9-26(10-12-27)25-44-20-6-18-40-19-21-44;1-3-2;1-2/h3-5,7-12,17,22-24,30-31,40H,2,6,13-16,18-21,25H2,1H3,(H,43,47);3H2,1-2H3;1-2H3/b17-3+,41-34?;;. The van der Waals surface area contributed by atoms with Gasteiger partial charge in [0.1, 0.15) is 11.5 Å². The minimum atomic E-state index is -0.657. The zero-order chi connectivity index (χ0) is 39.0. The zero-order valence-electron chi connectivity index (χ0n) is 32.5. The third-order valence-corrected chi connectivity index (χ3v) is 9.31. The van der Waals surface area contributed by atoms with E-state index in [1.54, 1.807) is 12.1 Å². The van der Waals surface area contributed by atoms with Crippen molar-refractivity contribution in [3.63, 3.8) is 0 Å². The summed E-state index contributed by atoms with van der Waals surface area (Å²) < 4.78 is 17.1. The first-order chi connectivity index (χ1) is 26.3. The summed E-state index contributed by atoms with van der Waals surface area (Å²) in [4.78, 5) is 51.6. The number of aliphatic imine (C=N–C) groups is 1. The van der Waals surface area contributed by atoms with Crippen molar-refractivity contribution in [3.05, 3.63) is 118 Å². The first-order valence-corrected chi connectivity index (χ1v) is 19.4. The molecule has 2 N–H and O–H groups in total. The number of benzene rings is 2. The number of aromatic nitrogens is 3. The molecule has 2 aromatic heterocycles. The van der Waals surface area contributed by atoms with Gasteiger partial charge in [-0.3, -0.25) is 24.0 Å². The van der Waals surface area contributed by atoms with Crippen LogP contribution in [0.15, 0.2) is 100 Å². The van der Waals surface area contributed by atoms with Gasteiger partial charge in [-0.05, 0) is 93.1 Å². The van der Waals surface area contributed by atoms with Crippen LogP contribution >= 0.6 is 0 Å². The Morgan fingerprint density at radius 2 is 1.74 bits per heavy atom. The smallest absolute Gasteiger partial charge is 0.337 e. The predicted molar refractivity (Wildman–Crippen MR) is 219 cm³/mol. The van der Waals surface area contributed by atoms with Crippen LogP contribution in [-0.2, 0) is 11.3 Å². The minimum absolute atomic E-state index is 0.0318. The second kappa shape index (κ2) is 21.0. The maximum atomic E-state index is 14.5. The number of halogens is 1.